The molecule has 1 aliphatic heterocycles. The molecule has 0 radical (unpaired) electrons. The van der Waals surface area contributed by atoms with Gasteiger partial charge in [-0.2, -0.15) is 5.26 Å². The molecular formula is C25H33N3. The quantitative estimate of drug-likeness (QED) is 0.762. The van der Waals surface area contributed by atoms with Gasteiger partial charge in [0.15, 0.2) is 0 Å². The van der Waals surface area contributed by atoms with E-state index >= 15 is 0 Å². The van der Waals surface area contributed by atoms with Gasteiger partial charge >= 0.3 is 0 Å². The van der Waals surface area contributed by atoms with Crippen molar-refractivity contribution in [3.8, 4) is 6.07 Å². The smallest absolute Gasteiger partial charge is 0.117 e. The van der Waals surface area contributed by atoms with E-state index in [1.807, 2.05) is 0 Å². The number of nitrogens with zero attached hydrogens (tertiary/aromatic N) is 2. The Balaban J connectivity index is 1.23. The summed E-state index contributed by atoms with van der Waals surface area (Å²) in [6, 6.07) is 5.70. The molecule has 28 heavy (non-hydrogen) atoms. The third-order valence-electron chi connectivity index (χ3n) is 7.60. The van der Waals surface area contributed by atoms with Crippen LogP contribution in [-0.2, 0) is 32.1 Å². The zero-order chi connectivity index (χ0) is 19.1. The molecule has 3 nitrogen and oxygen atoms in total. The Labute approximate surface area is 169 Å². The number of piperidine rings is 1. The summed E-state index contributed by atoms with van der Waals surface area (Å²) in [7, 11) is 0. The number of fused-ring (bicyclic) bond motifs is 3. The first-order chi connectivity index (χ1) is 13.8. The lowest BCUT2D eigenvalue weighted by Gasteiger charge is -2.29. The molecule has 1 N–H and O–H groups in total. The van der Waals surface area contributed by atoms with Crippen LogP contribution in [0.3, 0.4) is 0 Å². The molecule has 148 valence electrons. The molecule has 1 aromatic rings. The number of hydrogen-bond acceptors (Lipinski definition) is 3. The second kappa shape index (κ2) is 7.56. The maximum atomic E-state index is 9.42. The number of benzene rings is 1. The fourth-order valence-corrected chi connectivity index (χ4v) is 6.12. The molecule has 3 atom stereocenters. The predicted molar refractivity (Wildman–Crippen MR) is 113 cm³/mol. The standard InChI is InChI=1S/C25H33N3/c1-17(28-21(15-26)13-20-14-25(20)28)16-27-11-10-24-22-8-4-2-6-18(22)12-19-7-3-5-9-23(19)24/h12,20-21,25,27H,1-11,13-14,16H2/t20-,21?,25+/m1/s1. The molecule has 1 heterocycles. The van der Waals surface area contributed by atoms with Crippen LogP contribution in [0.2, 0.25) is 0 Å². The van der Waals surface area contributed by atoms with E-state index in [1.165, 1.54) is 57.8 Å². The van der Waals surface area contributed by atoms with Crippen LogP contribution in [0.4, 0.5) is 0 Å². The van der Waals surface area contributed by atoms with E-state index in [-0.39, 0.29) is 6.04 Å². The maximum absolute atomic E-state index is 9.42. The Hall–Kier alpha value is -1.79. The average Bonchev–Trinajstić information content (AvgIpc) is 3.39. The summed E-state index contributed by atoms with van der Waals surface area (Å²) in [6.07, 6.45) is 14.0. The summed E-state index contributed by atoms with van der Waals surface area (Å²) in [6.45, 7) is 6.14. The Morgan fingerprint density at radius 3 is 2.43 bits per heavy atom. The highest BCUT2D eigenvalue weighted by Gasteiger charge is 2.52. The van der Waals surface area contributed by atoms with Gasteiger partial charge in [-0.25, -0.2) is 0 Å². The first kappa shape index (κ1) is 18.3. The van der Waals surface area contributed by atoms with Crippen molar-refractivity contribution < 1.29 is 0 Å². The highest BCUT2D eigenvalue weighted by Crippen LogP contribution is 2.49. The van der Waals surface area contributed by atoms with Gasteiger partial charge in [-0.15, -0.1) is 0 Å². The molecule has 1 saturated carbocycles. The second-order valence-corrected chi connectivity index (χ2v) is 9.39. The molecule has 1 unspecified atom stereocenters. The van der Waals surface area contributed by atoms with E-state index in [9.17, 15) is 5.26 Å². The molecule has 4 aliphatic rings. The lowest BCUT2D eigenvalue weighted by Crippen LogP contribution is -2.35. The van der Waals surface area contributed by atoms with Crippen molar-refractivity contribution in [2.45, 2.75) is 82.7 Å². The first-order valence-electron chi connectivity index (χ1n) is 11.5. The summed E-state index contributed by atoms with van der Waals surface area (Å²) in [5.41, 5.74) is 9.49. The zero-order valence-corrected chi connectivity index (χ0v) is 17.1. The zero-order valence-electron chi connectivity index (χ0n) is 17.1. The van der Waals surface area contributed by atoms with Crippen molar-refractivity contribution in [2.75, 3.05) is 13.1 Å². The van der Waals surface area contributed by atoms with E-state index in [0.717, 1.165) is 37.5 Å². The summed E-state index contributed by atoms with van der Waals surface area (Å²) in [4.78, 5) is 2.31. The van der Waals surface area contributed by atoms with E-state index in [1.54, 1.807) is 27.8 Å². The fourth-order valence-electron chi connectivity index (χ4n) is 6.12. The summed E-state index contributed by atoms with van der Waals surface area (Å²) >= 11 is 0. The van der Waals surface area contributed by atoms with Crippen LogP contribution in [0, 0.1) is 17.2 Å². The normalized spacial score (nSPS) is 27.5. The third-order valence-corrected chi connectivity index (χ3v) is 7.60. The van der Waals surface area contributed by atoms with E-state index < -0.39 is 0 Å². The number of likely N-dealkylation sites (tertiary alicyclic amines) is 1. The number of nitriles is 1. The highest BCUT2D eigenvalue weighted by atomic mass is 15.3. The van der Waals surface area contributed by atoms with Gasteiger partial charge < -0.3 is 10.2 Å². The molecule has 0 aromatic heterocycles. The van der Waals surface area contributed by atoms with Crippen LogP contribution in [0.1, 0.15) is 66.3 Å². The van der Waals surface area contributed by atoms with Crippen molar-refractivity contribution in [1.29, 1.82) is 5.26 Å². The minimum atomic E-state index is 0.0613. The van der Waals surface area contributed by atoms with Gasteiger partial charge in [0.2, 0.25) is 0 Å². The lowest BCUT2D eigenvalue weighted by molar-refractivity contribution is 0.317. The Kier molecular flexibility index (Phi) is 4.93. The van der Waals surface area contributed by atoms with E-state index in [0.29, 0.717) is 6.04 Å². The van der Waals surface area contributed by atoms with Gasteiger partial charge in [0.05, 0.1) is 6.07 Å². The molecule has 0 amide bonds. The summed E-state index contributed by atoms with van der Waals surface area (Å²) in [5.74, 6) is 0.753. The van der Waals surface area contributed by atoms with Crippen LogP contribution in [0.25, 0.3) is 0 Å². The maximum Gasteiger partial charge on any atom is 0.117 e. The second-order valence-electron chi connectivity index (χ2n) is 9.39. The third kappa shape index (κ3) is 3.26. The molecule has 0 spiro atoms. The predicted octanol–water partition coefficient (Wildman–Crippen LogP) is 4.08. The molecule has 2 fully saturated rings. The van der Waals surface area contributed by atoms with Crippen LogP contribution < -0.4 is 5.32 Å². The van der Waals surface area contributed by atoms with Gasteiger partial charge in [0.25, 0.3) is 0 Å². The number of nitrogens with one attached hydrogen (secondary N) is 1. The number of aryl methyl sites for hydroxylation is 2. The molecule has 3 aliphatic carbocycles. The summed E-state index contributed by atoms with van der Waals surface area (Å²) in [5, 5.41) is 13.1. The van der Waals surface area contributed by atoms with Gasteiger partial charge in [0.1, 0.15) is 6.04 Å². The van der Waals surface area contributed by atoms with Crippen molar-refractivity contribution >= 4 is 0 Å². The van der Waals surface area contributed by atoms with E-state index in [4.69, 9.17) is 0 Å². The average molecular weight is 376 g/mol. The largest absolute Gasteiger partial charge is 0.355 e. The molecular weight excluding hydrogens is 342 g/mol. The van der Waals surface area contributed by atoms with Gasteiger partial charge in [-0.05, 0) is 111 Å². The monoisotopic (exact) mass is 375 g/mol. The minimum Gasteiger partial charge on any atom is -0.355 e. The Morgan fingerprint density at radius 2 is 1.75 bits per heavy atom. The van der Waals surface area contributed by atoms with Crippen LogP contribution in [0.15, 0.2) is 18.3 Å². The number of hydrogen-bond donors (Lipinski definition) is 1. The van der Waals surface area contributed by atoms with Gasteiger partial charge in [-0.1, -0.05) is 12.6 Å². The summed E-state index contributed by atoms with van der Waals surface area (Å²) < 4.78 is 0. The van der Waals surface area contributed by atoms with Crippen LogP contribution in [0.5, 0.6) is 0 Å². The highest BCUT2D eigenvalue weighted by molar-refractivity contribution is 5.48. The lowest BCUT2D eigenvalue weighted by atomic mass is 9.78. The Bertz CT molecular complexity index is 784. The topological polar surface area (TPSA) is 39.1 Å². The molecule has 1 saturated heterocycles. The SMILES string of the molecule is C=C(CNCCc1c2c(cc3c1CCCC3)CCCC2)N1C(C#N)C[C@@H]2C[C@@H]21. The first-order valence-corrected chi connectivity index (χ1v) is 11.5. The molecule has 5 rings (SSSR count). The molecule has 3 heteroatoms. The minimum absolute atomic E-state index is 0.0613. The fraction of sp³-hybridized carbons (Fsp3) is 0.640. The van der Waals surface area contributed by atoms with Gasteiger partial charge in [0, 0.05) is 18.3 Å². The Morgan fingerprint density at radius 1 is 1.07 bits per heavy atom. The van der Waals surface area contributed by atoms with Crippen LogP contribution >= 0.6 is 0 Å². The molecule has 0 bridgehead atoms. The van der Waals surface area contributed by atoms with Gasteiger partial charge in [-0.3, -0.25) is 0 Å². The van der Waals surface area contributed by atoms with Crippen molar-refractivity contribution in [1.82, 2.24) is 10.2 Å². The van der Waals surface area contributed by atoms with Crippen molar-refractivity contribution in [3.63, 3.8) is 0 Å². The van der Waals surface area contributed by atoms with Crippen LogP contribution in [-0.4, -0.2) is 30.1 Å². The van der Waals surface area contributed by atoms with Crippen molar-refractivity contribution in [3.05, 3.63) is 46.2 Å². The van der Waals surface area contributed by atoms with E-state index in [2.05, 4.69) is 28.9 Å². The molecule has 1 aromatic carbocycles. The number of rotatable bonds is 6. The van der Waals surface area contributed by atoms with Crippen molar-refractivity contribution in [2.24, 2.45) is 5.92 Å².